The van der Waals surface area contributed by atoms with Crippen LogP contribution in [0, 0.1) is 13.8 Å². The fourth-order valence-corrected chi connectivity index (χ4v) is 2.28. The van der Waals surface area contributed by atoms with Gasteiger partial charge >= 0.3 is 0 Å². The molecule has 0 saturated heterocycles. The van der Waals surface area contributed by atoms with Crippen LogP contribution in [0.3, 0.4) is 0 Å². The number of thioether (sulfide) groups is 1. The number of carbonyl (C=O) groups excluding carboxylic acids is 1. The Morgan fingerprint density at radius 3 is 2.85 bits per heavy atom. The number of carbonyl (C=O) groups is 1. The van der Waals surface area contributed by atoms with Crippen molar-refractivity contribution < 1.29 is 4.79 Å². The minimum absolute atomic E-state index is 0.0533. The Morgan fingerprint density at radius 1 is 1.45 bits per heavy atom. The van der Waals surface area contributed by atoms with Gasteiger partial charge in [-0.1, -0.05) is 17.8 Å². The lowest BCUT2D eigenvalue weighted by molar-refractivity contribution is -0.120. The van der Waals surface area contributed by atoms with E-state index in [-0.39, 0.29) is 12.3 Å². The van der Waals surface area contributed by atoms with Crippen LogP contribution in [0.15, 0.2) is 17.8 Å². The van der Waals surface area contributed by atoms with Gasteiger partial charge in [0.05, 0.1) is 6.42 Å². The van der Waals surface area contributed by atoms with Crippen molar-refractivity contribution in [3.63, 3.8) is 0 Å². The predicted molar refractivity (Wildman–Crippen MR) is 78.9 cm³/mol. The van der Waals surface area contributed by atoms with Crippen LogP contribution in [0.1, 0.15) is 17.0 Å². The molecule has 0 saturated carbocycles. The number of fused-ring (bicyclic) bond motifs is 1. The van der Waals surface area contributed by atoms with E-state index in [0.29, 0.717) is 17.5 Å². The van der Waals surface area contributed by atoms with E-state index in [1.807, 2.05) is 20.1 Å². The zero-order chi connectivity index (χ0) is 14.7. The van der Waals surface area contributed by atoms with Gasteiger partial charge in [0, 0.05) is 23.5 Å². The topological polar surface area (TPSA) is 72.2 Å². The lowest BCUT2D eigenvalue weighted by Gasteiger charge is -2.10. The van der Waals surface area contributed by atoms with Gasteiger partial charge in [0.2, 0.25) is 11.1 Å². The fraction of sp³-hybridized carbons (Fsp3) is 0.385. The molecule has 6 nitrogen and oxygen atoms in total. The van der Waals surface area contributed by atoms with E-state index in [4.69, 9.17) is 0 Å². The monoisotopic (exact) mass is 291 g/mol. The third-order valence-corrected chi connectivity index (χ3v) is 3.53. The smallest absolute Gasteiger partial charge is 0.253 e. The van der Waals surface area contributed by atoms with Gasteiger partial charge in [0.1, 0.15) is 0 Å². The normalized spacial score (nSPS) is 10.8. The first-order valence-electron chi connectivity index (χ1n) is 6.21. The fourth-order valence-electron chi connectivity index (χ4n) is 1.94. The average molecular weight is 291 g/mol. The Bertz CT molecular complexity index is 664. The van der Waals surface area contributed by atoms with E-state index in [0.717, 1.165) is 17.0 Å². The summed E-state index contributed by atoms with van der Waals surface area (Å²) in [6, 6.07) is 0. The number of hydrogen-bond acceptors (Lipinski definition) is 5. The molecule has 2 aromatic rings. The van der Waals surface area contributed by atoms with E-state index in [1.165, 1.54) is 11.8 Å². The molecule has 0 aliphatic rings. The molecule has 0 unspecified atom stereocenters. The second-order valence-corrected chi connectivity index (χ2v) is 5.11. The van der Waals surface area contributed by atoms with Crippen molar-refractivity contribution in [2.75, 3.05) is 12.8 Å². The molecule has 0 aromatic carbocycles. The minimum Gasteiger partial charge on any atom is -0.352 e. The number of nitrogens with zero attached hydrogens (tertiary/aromatic N) is 4. The summed E-state index contributed by atoms with van der Waals surface area (Å²) in [5.41, 5.74) is 2.59. The van der Waals surface area contributed by atoms with E-state index in [1.54, 1.807) is 10.6 Å². The van der Waals surface area contributed by atoms with Crippen molar-refractivity contribution in [1.29, 1.82) is 0 Å². The van der Waals surface area contributed by atoms with Gasteiger partial charge in [-0.3, -0.25) is 4.79 Å². The summed E-state index contributed by atoms with van der Waals surface area (Å²) in [7, 11) is 0. The number of amides is 1. The highest BCUT2D eigenvalue weighted by Gasteiger charge is 2.15. The van der Waals surface area contributed by atoms with Crippen LogP contribution in [0.25, 0.3) is 5.78 Å². The summed E-state index contributed by atoms with van der Waals surface area (Å²) in [6.07, 6.45) is 3.85. The lowest BCUT2D eigenvalue weighted by atomic mass is 10.1. The molecule has 2 aromatic heterocycles. The number of aryl methyl sites for hydroxylation is 2. The van der Waals surface area contributed by atoms with Crippen LogP contribution in [0.2, 0.25) is 0 Å². The molecule has 7 heteroatoms. The van der Waals surface area contributed by atoms with Crippen LogP contribution < -0.4 is 5.32 Å². The Hall–Kier alpha value is -1.89. The lowest BCUT2D eigenvalue weighted by Crippen LogP contribution is -2.26. The van der Waals surface area contributed by atoms with Crippen LogP contribution in [-0.4, -0.2) is 38.3 Å². The van der Waals surface area contributed by atoms with Crippen LogP contribution >= 0.6 is 11.8 Å². The predicted octanol–water partition coefficient (Wildman–Crippen LogP) is 1.31. The summed E-state index contributed by atoms with van der Waals surface area (Å²) in [5, 5.41) is 7.80. The highest BCUT2D eigenvalue weighted by atomic mass is 32.2. The molecule has 0 aliphatic heterocycles. The first kappa shape index (κ1) is 14.5. The van der Waals surface area contributed by atoms with E-state index in [2.05, 4.69) is 27.0 Å². The zero-order valence-electron chi connectivity index (χ0n) is 11.8. The standard InChI is InChI=1S/C13H17N5OS/c1-5-6-14-11(19)7-10-8(2)15-12-16-13(20-4)17-18(12)9(10)3/h5H,1,6-7H2,2-4H3,(H,14,19). The zero-order valence-corrected chi connectivity index (χ0v) is 12.6. The van der Waals surface area contributed by atoms with Crippen molar-refractivity contribution in [3.8, 4) is 0 Å². The van der Waals surface area contributed by atoms with E-state index >= 15 is 0 Å². The highest BCUT2D eigenvalue weighted by Crippen LogP contribution is 2.17. The Kier molecular flexibility index (Phi) is 4.39. The SMILES string of the molecule is C=CCNC(=O)Cc1c(C)nc2nc(SC)nn2c1C. The second kappa shape index (κ2) is 6.04. The molecular weight excluding hydrogens is 274 g/mol. The summed E-state index contributed by atoms with van der Waals surface area (Å²) >= 11 is 1.47. The molecule has 106 valence electrons. The molecule has 1 amide bonds. The third-order valence-electron chi connectivity index (χ3n) is 2.99. The van der Waals surface area contributed by atoms with Crippen molar-refractivity contribution >= 4 is 23.4 Å². The van der Waals surface area contributed by atoms with E-state index < -0.39 is 0 Å². The largest absolute Gasteiger partial charge is 0.352 e. The van der Waals surface area contributed by atoms with Gasteiger partial charge in [0.25, 0.3) is 5.78 Å². The van der Waals surface area contributed by atoms with Gasteiger partial charge in [-0.15, -0.1) is 11.7 Å². The molecule has 2 rings (SSSR count). The Labute approximate surface area is 121 Å². The van der Waals surface area contributed by atoms with Gasteiger partial charge in [0.15, 0.2) is 0 Å². The first-order valence-corrected chi connectivity index (χ1v) is 7.43. The van der Waals surface area contributed by atoms with Gasteiger partial charge < -0.3 is 5.32 Å². The third kappa shape index (κ3) is 2.82. The van der Waals surface area contributed by atoms with Crippen LogP contribution in [0.5, 0.6) is 0 Å². The van der Waals surface area contributed by atoms with Crippen molar-refractivity contribution in [1.82, 2.24) is 24.9 Å². The number of aromatic nitrogens is 4. The summed E-state index contributed by atoms with van der Waals surface area (Å²) in [4.78, 5) is 20.6. The van der Waals surface area contributed by atoms with Crippen molar-refractivity contribution in [2.24, 2.45) is 0 Å². The van der Waals surface area contributed by atoms with Crippen LogP contribution in [0.4, 0.5) is 0 Å². The molecular formula is C13H17N5OS. The molecule has 0 radical (unpaired) electrons. The van der Waals surface area contributed by atoms with E-state index in [9.17, 15) is 4.79 Å². The summed E-state index contributed by atoms with van der Waals surface area (Å²) in [6.45, 7) is 7.85. The maximum atomic E-state index is 11.8. The quantitative estimate of drug-likeness (QED) is 0.664. The maximum absolute atomic E-state index is 11.8. The molecule has 2 heterocycles. The number of nitrogens with one attached hydrogen (secondary N) is 1. The molecule has 1 N–H and O–H groups in total. The molecule has 0 bridgehead atoms. The Morgan fingerprint density at radius 2 is 2.20 bits per heavy atom. The van der Waals surface area contributed by atoms with Gasteiger partial charge in [-0.2, -0.15) is 4.98 Å². The molecule has 0 spiro atoms. The number of rotatable bonds is 5. The summed E-state index contributed by atoms with van der Waals surface area (Å²) in [5.74, 6) is 0.516. The van der Waals surface area contributed by atoms with Gasteiger partial charge in [-0.05, 0) is 20.1 Å². The van der Waals surface area contributed by atoms with Gasteiger partial charge in [-0.25, -0.2) is 9.50 Å². The Balaban J connectivity index is 2.37. The first-order chi connectivity index (χ1) is 9.56. The minimum atomic E-state index is -0.0533. The average Bonchev–Trinajstić information content (AvgIpc) is 2.84. The molecule has 0 fully saturated rings. The summed E-state index contributed by atoms with van der Waals surface area (Å²) < 4.78 is 1.69. The second-order valence-electron chi connectivity index (χ2n) is 4.34. The molecule has 0 atom stereocenters. The van der Waals surface area contributed by atoms with Crippen LogP contribution in [-0.2, 0) is 11.2 Å². The van der Waals surface area contributed by atoms with Crippen molar-refractivity contribution in [2.45, 2.75) is 25.4 Å². The highest BCUT2D eigenvalue weighted by molar-refractivity contribution is 7.98. The maximum Gasteiger partial charge on any atom is 0.253 e. The molecule has 0 aliphatic carbocycles. The molecule has 20 heavy (non-hydrogen) atoms. The van der Waals surface area contributed by atoms with Crippen molar-refractivity contribution in [3.05, 3.63) is 29.6 Å². The number of hydrogen-bond donors (Lipinski definition) is 1.